The number of hydrogen-bond acceptors (Lipinski definition) is 7. The summed E-state index contributed by atoms with van der Waals surface area (Å²) in [5, 5.41) is 22.2. The third kappa shape index (κ3) is 6.26. The van der Waals surface area contributed by atoms with Crippen molar-refractivity contribution < 1.29 is 34.0 Å². The van der Waals surface area contributed by atoms with E-state index in [0.717, 1.165) is 4.90 Å². The third-order valence-corrected chi connectivity index (χ3v) is 10.0. The van der Waals surface area contributed by atoms with Gasteiger partial charge in [0.15, 0.2) is 12.4 Å². The summed E-state index contributed by atoms with van der Waals surface area (Å²) in [5.41, 5.74) is 0.547. The first-order valence-corrected chi connectivity index (χ1v) is 15.0. The molecule has 3 atom stereocenters. The van der Waals surface area contributed by atoms with Crippen LogP contribution in [0.25, 0.3) is 0 Å². The molecular formula is C24H22Cl2N3O6S3+. The van der Waals surface area contributed by atoms with Gasteiger partial charge in [0.25, 0.3) is 11.9 Å². The molecule has 0 saturated carbocycles. The highest BCUT2D eigenvalue weighted by Crippen LogP contribution is 2.41. The molecule has 3 heterocycles. The Bertz CT molecular complexity index is 1320. The van der Waals surface area contributed by atoms with Crippen LogP contribution in [-0.4, -0.2) is 67.5 Å². The Morgan fingerprint density at radius 1 is 1.18 bits per heavy atom. The van der Waals surface area contributed by atoms with Crippen LogP contribution < -0.4 is 9.88 Å². The topological polar surface area (TPSA) is 128 Å². The van der Waals surface area contributed by atoms with E-state index < -0.39 is 35.3 Å². The fraction of sp³-hybridized carbons (Fsp3) is 0.292. The Morgan fingerprint density at radius 3 is 2.55 bits per heavy atom. The molecule has 0 spiro atoms. The molecule has 2 aliphatic heterocycles. The number of rotatable bonds is 10. The van der Waals surface area contributed by atoms with Gasteiger partial charge in [-0.15, -0.1) is 35.3 Å². The maximum Gasteiger partial charge on any atom is 0.373 e. The highest BCUT2D eigenvalue weighted by atomic mass is 35.5. The molecule has 3 N–H and O–H groups in total. The number of nitrogens with zero attached hydrogens (tertiary/aromatic N) is 2. The van der Waals surface area contributed by atoms with Gasteiger partial charge in [-0.05, 0) is 23.8 Å². The minimum Gasteiger partial charge on any atom is -0.477 e. The molecule has 1 saturated heterocycles. The maximum atomic E-state index is 12.9. The molecule has 1 aromatic heterocycles. The number of carboxylic acids is 2. The second-order valence-corrected chi connectivity index (χ2v) is 12.4. The smallest absolute Gasteiger partial charge is 0.373 e. The van der Waals surface area contributed by atoms with Crippen molar-refractivity contribution in [3.8, 4) is 0 Å². The number of aliphatic carboxylic acids is 2. The van der Waals surface area contributed by atoms with E-state index in [4.69, 9.17) is 28.3 Å². The standard InChI is InChI=1S/C24H21Cl2N3O6S3/c1-12(23(32)33)28-6-4-15(5-7-28)36-9-13-10-38-22-19(21(31)29(22)20(13)24(34)35)27-18(30)11-37-17-8-14(25)2-3-16(17)26/h2-8,12,19,22H,9-11H2,1H3,(H2-,27,30,32,33,34,35)/p+1/t12-,19-,22-/m1/s1. The van der Waals surface area contributed by atoms with Gasteiger partial charge in [-0.3, -0.25) is 14.5 Å². The molecule has 38 heavy (non-hydrogen) atoms. The van der Waals surface area contributed by atoms with E-state index >= 15 is 0 Å². The number of carbonyl (C=O) groups is 4. The van der Waals surface area contributed by atoms with E-state index in [0.29, 0.717) is 32.0 Å². The predicted octanol–water partition coefficient (Wildman–Crippen LogP) is 3.55. The van der Waals surface area contributed by atoms with Gasteiger partial charge < -0.3 is 15.5 Å². The summed E-state index contributed by atoms with van der Waals surface area (Å²) in [6.07, 6.45) is 3.31. The van der Waals surface area contributed by atoms with E-state index in [-0.39, 0.29) is 17.4 Å². The Hall–Kier alpha value is -2.38. The van der Waals surface area contributed by atoms with Crippen molar-refractivity contribution >= 4 is 82.2 Å². The van der Waals surface area contributed by atoms with Crippen molar-refractivity contribution in [2.24, 2.45) is 0 Å². The molecule has 0 aliphatic carbocycles. The molecule has 2 amide bonds. The molecule has 0 unspecified atom stereocenters. The number of nitrogens with one attached hydrogen (secondary N) is 1. The van der Waals surface area contributed by atoms with Crippen molar-refractivity contribution in [1.82, 2.24) is 10.2 Å². The summed E-state index contributed by atoms with van der Waals surface area (Å²) in [6, 6.07) is 6.95. The number of carboxylic acid groups (broad SMARTS) is 2. The van der Waals surface area contributed by atoms with Crippen molar-refractivity contribution in [2.45, 2.75) is 34.2 Å². The van der Waals surface area contributed by atoms with Crippen LogP contribution in [0, 0.1) is 0 Å². The quantitative estimate of drug-likeness (QED) is 0.209. The molecule has 200 valence electrons. The van der Waals surface area contributed by atoms with Crippen LogP contribution in [0.4, 0.5) is 0 Å². The lowest BCUT2D eigenvalue weighted by atomic mass is 10.0. The van der Waals surface area contributed by atoms with Gasteiger partial charge in [-0.2, -0.15) is 4.57 Å². The molecule has 9 nitrogen and oxygen atoms in total. The van der Waals surface area contributed by atoms with Gasteiger partial charge in [0.2, 0.25) is 5.91 Å². The third-order valence-electron chi connectivity index (χ3n) is 5.86. The number of aromatic nitrogens is 1. The SMILES string of the molecule is C[C@H](C(=O)O)[n+]1ccc(SCC2=C(C(=O)O)N3C(=O)[C@@H](NC(=O)CSc4cc(Cl)ccc4Cl)[C@H]3SC2)cc1. The number of thioether (sulfide) groups is 3. The molecule has 1 aromatic carbocycles. The van der Waals surface area contributed by atoms with Gasteiger partial charge in [0.1, 0.15) is 17.1 Å². The zero-order chi connectivity index (χ0) is 27.6. The Labute approximate surface area is 240 Å². The average Bonchev–Trinajstić information content (AvgIpc) is 2.90. The molecule has 2 aromatic rings. The first-order chi connectivity index (χ1) is 18.1. The second-order valence-electron chi connectivity index (χ2n) is 8.36. The molecule has 0 bridgehead atoms. The molecule has 4 rings (SSSR count). The lowest BCUT2D eigenvalue weighted by molar-refractivity contribution is -0.707. The van der Waals surface area contributed by atoms with Gasteiger partial charge in [0.05, 0.1) is 10.8 Å². The van der Waals surface area contributed by atoms with E-state index in [1.165, 1.54) is 40.2 Å². The second kappa shape index (κ2) is 12.2. The van der Waals surface area contributed by atoms with Crippen LogP contribution in [0.5, 0.6) is 0 Å². The fourth-order valence-corrected chi connectivity index (χ4v) is 7.49. The highest BCUT2D eigenvalue weighted by Gasteiger charge is 2.54. The number of amides is 2. The summed E-state index contributed by atoms with van der Waals surface area (Å²) >= 11 is 16.1. The first kappa shape index (κ1) is 28.6. The lowest BCUT2D eigenvalue weighted by Crippen LogP contribution is -2.70. The minimum absolute atomic E-state index is 0.0209. The van der Waals surface area contributed by atoms with E-state index in [1.807, 2.05) is 0 Å². The van der Waals surface area contributed by atoms with Crippen molar-refractivity contribution in [3.63, 3.8) is 0 Å². The maximum absolute atomic E-state index is 12.9. The van der Waals surface area contributed by atoms with E-state index in [2.05, 4.69) is 5.32 Å². The van der Waals surface area contributed by atoms with E-state index in [9.17, 15) is 24.3 Å². The Balaban J connectivity index is 1.37. The number of hydrogen-bond donors (Lipinski definition) is 3. The number of fused-ring (bicyclic) bond motifs is 1. The summed E-state index contributed by atoms with van der Waals surface area (Å²) < 4.78 is 1.56. The fourth-order valence-electron chi connectivity index (χ4n) is 3.82. The Morgan fingerprint density at radius 2 is 1.89 bits per heavy atom. The number of carbonyl (C=O) groups excluding carboxylic acids is 2. The first-order valence-electron chi connectivity index (χ1n) is 11.2. The molecular weight excluding hydrogens is 593 g/mol. The van der Waals surface area contributed by atoms with Gasteiger partial charge in [-0.25, -0.2) is 9.59 Å². The van der Waals surface area contributed by atoms with E-state index in [1.54, 1.807) is 54.2 Å². The number of halogens is 2. The van der Waals surface area contributed by atoms with Crippen molar-refractivity contribution in [2.75, 3.05) is 17.3 Å². The molecule has 14 heteroatoms. The van der Waals surface area contributed by atoms with Crippen LogP contribution in [0.1, 0.15) is 13.0 Å². The van der Waals surface area contributed by atoms with Crippen LogP contribution in [-0.2, 0) is 19.2 Å². The van der Waals surface area contributed by atoms with Crippen LogP contribution >= 0.6 is 58.5 Å². The van der Waals surface area contributed by atoms with Crippen LogP contribution in [0.15, 0.2) is 63.8 Å². The zero-order valence-electron chi connectivity index (χ0n) is 19.8. The van der Waals surface area contributed by atoms with Crippen LogP contribution in [0.2, 0.25) is 10.0 Å². The summed E-state index contributed by atoms with van der Waals surface area (Å²) in [5.74, 6) is -2.22. The normalized spacial score (nSPS) is 19.4. The average molecular weight is 616 g/mol. The highest BCUT2D eigenvalue weighted by molar-refractivity contribution is 8.01. The largest absolute Gasteiger partial charge is 0.477 e. The number of pyridine rings is 1. The number of benzene rings is 1. The van der Waals surface area contributed by atoms with Gasteiger partial charge in [0, 0.05) is 45.4 Å². The molecule has 2 aliphatic rings. The minimum atomic E-state index is -1.20. The number of β-lactam (4-membered cyclic amide) rings is 1. The van der Waals surface area contributed by atoms with Crippen molar-refractivity contribution in [1.29, 1.82) is 0 Å². The predicted molar refractivity (Wildman–Crippen MR) is 147 cm³/mol. The van der Waals surface area contributed by atoms with Crippen molar-refractivity contribution in [3.05, 3.63) is 64.0 Å². The monoisotopic (exact) mass is 614 g/mol. The molecule has 1 fully saturated rings. The van der Waals surface area contributed by atoms with Crippen LogP contribution in [0.3, 0.4) is 0 Å². The van der Waals surface area contributed by atoms with Gasteiger partial charge in [-0.1, -0.05) is 23.2 Å². The zero-order valence-corrected chi connectivity index (χ0v) is 23.8. The lowest BCUT2D eigenvalue weighted by Gasteiger charge is -2.49. The van der Waals surface area contributed by atoms with Gasteiger partial charge >= 0.3 is 11.9 Å². The Kier molecular flexibility index (Phi) is 9.19. The summed E-state index contributed by atoms with van der Waals surface area (Å²) in [6.45, 7) is 1.57. The summed E-state index contributed by atoms with van der Waals surface area (Å²) in [4.78, 5) is 51.4. The molecule has 0 radical (unpaired) electrons. The summed E-state index contributed by atoms with van der Waals surface area (Å²) in [7, 11) is 0.